The molecule has 5 nitrogen and oxygen atoms in total. The molecule has 0 aromatic heterocycles. The van der Waals surface area contributed by atoms with E-state index in [0.717, 1.165) is 62.1 Å². The van der Waals surface area contributed by atoms with Crippen LogP contribution in [0.3, 0.4) is 0 Å². The average molecular weight is 1560 g/mol. The van der Waals surface area contributed by atoms with Gasteiger partial charge in [0.2, 0.25) is 0 Å². The van der Waals surface area contributed by atoms with Gasteiger partial charge in [0.25, 0.3) is 0 Å². The van der Waals surface area contributed by atoms with Gasteiger partial charge in [0, 0.05) is 10.0 Å². The van der Waals surface area contributed by atoms with Crippen molar-refractivity contribution in [3.05, 3.63) is 252 Å². The van der Waals surface area contributed by atoms with Gasteiger partial charge in [-0.05, 0) is 243 Å². The molecule has 0 aliphatic carbocycles. The highest BCUT2D eigenvalue weighted by atomic mass is 35.5. The third kappa shape index (κ3) is 51.4. The minimum Gasteiger partial charge on any atom is -0.493 e. The number of benzene rings is 8. The standard InChI is InChI=1S/C13H20O.2C13H20.4C12H17ClO.C12H18/c1-10-7-6-8-12(9-10)14-11(2)13(3,4)5;1-11-5-7-12(8-6-11)9-10-13(2,3)4;1-11-6-5-7-12(10-11)8-9-13(2,3)4;1-9-7-10(13)5-6-11(9)14-8-12(2,3)4;1-9-5-6-10(7-11(9)13)14-8-12(2,3)4;1-9-5-6-11(10(13)7-9)14-8-12(2,3)4;1-9(12(2,3)4)14-11-8-6-5-7-10(11)13;1-12(2,3)10-9-11-7-5-4-6-8-11/h6-9,11H,1-5H3;5-8H,9-10H2,1-4H3;5-7,10H,8-9H2,1-4H3;3*5-7H,8H2,1-4H3;5-9H,1-4H3;4-8H,9-10H2,1-3H3. The Balaban J connectivity index is 0.000000617. The fraction of sp³-hybridized carbons (Fsp3) is 0.515. The summed E-state index contributed by atoms with van der Waals surface area (Å²) in [6, 6.07) is 61.4. The van der Waals surface area contributed by atoms with E-state index in [-0.39, 0.29) is 39.3 Å². The zero-order valence-electron chi connectivity index (χ0n) is 73.4. The molecule has 0 aliphatic rings. The van der Waals surface area contributed by atoms with E-state index in [0.29, 0.717) is 39.5 Å². The van der Waals surface area contributed by atoms with Gasteiger partial charge in [0.15, 0.2) is 0 Å². The molecule has 8 aromatic rings. The molecule has 600 valence electrons. The molecule has 2 atom stereocenters. The lowest BCUT2D eigenvalue weighted by molar-refractivity contribution is 0.103. The van der Waals surface area contributed by atoms with Gasteiger partial charge < -0.3 is 23.7 Å². The first kappa shape index (κ1) is 99.9. The first-order chi connectivity index (χ1) is 49.5. The fourth-order valence-electron chi connectivity index (χ4n) is 8.85. The Morgan fingerprint density at radius 2 is 0.694 bits per heavy atom. The Morgan fingerprint density at radius 3 is 1.15 bits per heavy atom. The number of ether oxygens (including phenoxy) is 5. The molecular weight excluding hydrogens is 1410 g/mol. The molecule has 0 heterocycles. The monoisotopic (exact) mass is 1550 g/mol. The summed E-state index contributed by atoms with van der Waals surface area (Å²) in [5, 5.41) is 2.87. The molecule has 0 aliphatic heterocycles. The number of halogens is 4. The van der Waals surface area contributed by atoms with Crippen LogP contribution < -0.4 is 23.7 Å². The third-order valence-electron chi connectivity index (χ3n) is 16.8. The first-order valence-electron chi connectivity index (χ1n) is 38.9. The molecule has 0 fully saturated rings. The normalized spacial score (nSPS) is 12.1. The molecule has 9 heteroatoms. The summed E-state index contributed by atoms with van der Waals surface area (Å²) in [5.41, 5.74) is 13.8. The molecule has 0 radical (unpaired) electrons. The number of rotatable bonds is 16. The van der Waals surface area contributed by atoms with Gasteiger partial charge in [-0.1, -0.05) is 339 Å². The van der Waals surface area contributed by atoms with Crippen LogP contribution in [0.4, 0.5) is 0 Å². The molecule has 0 saturated carbocycles. The molecule has 0 spiro atoms. The van der Waals surface area contributed by atoms with Crippen LogP contribution in [0, 0.1) is 84.9 Å². The number of para-hydroxylation sites is 1. The predicted molar refractivity (Wildman–Crippen MR) is 477 cm³/mol. The van der Waals surface area contributed by atoms with E-state index in [9.17, 15) is 0 Å². The van der Waals surface area contributed by atoms with Crippen LogP contribution in [0.15, 0.2) is 182 Å². The lowest BCUT2D eigenvalue weighted by atomic mass is 9.88. The van der Waals surface area contributed by atoms with Crippen LogP contribution in [0.2, 0.25) is 20.1 Å². The van der Waals surface area contributed by atoms with Gasteiger partial charge in [-0.15, -0.1) is 0 Å². The van der Waals surface area contributed by atoms with E-state index in [1.54, 1.807) is 0 Å². The highest BCUT2D eigenvalue weighted by Gasteiger charge is 2.24. The van der Waals surface area contributed by atoms with E-state index in [1.165, 1.54) is 71.9 Å². The summed E-state index contributed by atoms with van der Waals surface area (Å²) in [4.78, 5) is 0. The largest absolute Gasteiger partial charge is 0.493 e. The molecule has 2 unspecified atom stereocenters. The van der Waals surface area contributed by atoms with Crippen molar-refractivity contribution < 1.29 is 23.7 Å². The van der Waals surface area contributed by atoms with Crippen molar-refractivity contribution in [2.75, 3.05) is 19.8 Å². The van der Waals surface area contributed by atoms with Crippen molar-refractivity contribution in [2.45, 2.75) is 272 Å². The van der Waals surface area contributed by atoms with Crippen LogP contribution in [0.5, 0.6) is 28.7 Å². The maximum absolute atomic E-state index is 6.03. The average Bonchev–Trinajstić information content (AvgIpc) is 0.788. The predicted octanol–water partition coefficient (Wildman–Crippen LogP) is 31.8. The SMILES string of the molecule is CC(C)(C)CCc1ccccc1.CC(Oc1ccccc1Cl)C(C)(C)C.Cc1cc(Cl)ccc1OCC(C)(C)C.Cc1ccc(CCC(C)(C)C)cc1.Cc1ccc(OCC(C)(C)C)c(Cl)c1.Cc1ccc(OCC(C)(C)C)cc1Cl.Cc1cccc(CCC(C)(C)C)c1.Cc1cccc(OC(C)C(C)(C)C)c1. The van der Waals surface area contributed by atoms with Crippen LogP contribution in [0.25, 0.3) is 0 Å². The second-order valence-electron chi connectivity index (χ2n) is 38.4. The summed E-state index contributed by atoms with van der Waals surface area (Å²) < 4.78 is 28.6. The van der Waals surface area contributed by atoms with Crippen LogP contribution in [-0.4, -0.2) is 32.0 Å². The van der Waals surface area contributed by atoms with Crippen molar-refractivity contribution in [1.82, 2.24) is 0 Å². The van der Waals surface area contributed by atoms with E-state index < -0.39 is 0 Å². The van der Waals surface area contributed by atoms with Crippen LogP contribution in [-0.2, 0) is 19.3 Å². The maximum Gasteiger partial charge on any atom is 0.138 e. The van der Waals surface area contributed by atoms with Crippen molar-refractivity contribution in [2.24, 2.45) is 43.3 Å². The number of hydrogen-bond acceptors (Lipinski definition) is 5. The summed E-state index contributed by atoms with van der Waals surface area (Å²) in [5.74, 6) is 4.26. The van der Waals surface area contributed by atoms with Gasteiger partial charge in [0.05, 0.1) is 29.9 Å². The molecule has 0 saturated heterocycles. The van der Waals surface area contributed by atoms with E-state index in [2.05, 4.69) is 292 Å². The van der Waals surface area contributed by atoms with E-state index in [1.807, 2.05) is 112 Å². The van der Waals surface area contributed by atoms with Gasteiger partial charge in [0.1, 0.15) is 41.0 Å². The molecule has 108 heavy (non-hydrogen) atoms. The number of hydrogen-bond donors (Lipinski definition) is 0. The molecular formula is C99H146Cl4O5. The first-order valence-corrected chi connectivity index (χ1v) is 40.5. The molecule has 0 bridgehead atoms. The summed E-state index contributed by atoms with van der Waals surface area (Å²) >= 11 is 23.9. The van der Waals surface area contributed by atoms with Crippen molar-refractivity contribution in [1.29, 1.82) is 0 Å². The maximum atomic E-state index is 6.03. The number of aryl methyl sites for hydroxylation is 9. The van der Waals surface area contributed by atoms with Gasteiger partial charge in [-0.25, -0.2) is 0 Å². The zero-order chi connectivity index (χ0) is 82.7. The van der Waals surface area contributed by atoms with E-state index in [4.69, 9.17) is 70.1 Å². The molecule has 0 amide bonds. The topological polar surface area (TPSA) is 46.2 Å². The summed E-state index contributed by atoms with van der Waals surface area (Å²) in [7, 11) is 0. The highest BCUT2D eigenvalue weighted by Crippen LogP contribution is 2.33. The Bertz CT molecular complexity index is 3690. The highest BCUT2D eigenvalue weighted by molar-refractivity contribution is 6.32. The molecule has 8 aromatic carbocycles. The Hall–Kier alpha value is -6.08. The summed E-state index contributed by atoms with van der Waals surface area (Å²) in [6.07, 6.45) is 7.75. The zero-order valence-corrected chi connectivity index (χ0v) is 76.4. The van der Waals surface area contributed by atoms with E-state index >= 15 is 0 Å². The van der Waals surface area contributed by atoms with Crippen LogP contribution >= 0.6 is 46.4 Å². The van der Waals surface area contributed by atoms with Gasteiger partial charge in [-0.3, -0.25) is 0 Å². The van der Waals surface area contributed by atoms with Gasteiger partial charge in [-0.2, -0.15) is 0 Å². The summed E-state index contributed by atoms with van der Waals surface area (Å²) in [6.45, 7) is 71.5. The lowest BCUT2D eigenvalue weighted by Crippen LogP contribution is -2.28. The Labute approximate surface area is 681 Å². The van der Waals surface area contributed by atoms with Crippen molar-refractivity contribution in [3.8, 4) is 28.7 Å². The Kier molecular flexibility index (Phi) is 43.8. The second-order valence-corrected chi connectivity index (χ2v) is 40.1. The minimum atomic E-state index is 0.124. The lowest BCUT2D eigenvalue weighted by Gasteiger charge is -2.28. The van der Waals surface area contributed by atoms with Crippen LogP contribution in [0.1, 0.15) is 249 Å². The third-order valence-corrected chi connectivity index (χ3v) is 18.0. The van der Waals surface area contributed by atoms with Gasteiger partial charge >= 0.3 is 0 Å². The molecule has 8 rings (SSSR count). The minimum absolute atomic E-state index is 0.124. The quantitative estimate of drug-likeness (QED) is 0.0965. The van der Waals surface area contributed by atoms with Crippen molar-refractivity contribution >= 4 is 46.4 Å². The fourth-order valence-corrected chi connectivity index (χ4v) is 9.72. The molecule has 0 N–H and O–H groups in total. The van der Waals surface area contributed by atoms with Crippen molar-refractivity contribution in [3.63, 3.8) is 0 Å². The Morgan fingerprint density at radius 1 is 0.278 bits per heavy atom. The smallest absolute Gasteiger partial charge is 0.138 e. The second kappa shape index (κ2) is 47.3.